The normalized spacial score (nSPS) is 14.3. The zero-order chi connectivity index (χ0) is 33.3. The minimum absolute atomic E-state index is 0.180. The molecule has 1 unspecified atom stereocenters. The van der Waals surface area contributed by atoms with E-state index in [-0.39, 0.29) is 11.6 Å². The van der Waals surface area contributed by atoms with Crippen LogP contribution in [0.25, 0.3) is 0 Å². The van der Waals surface area contributed by atoms with Crippen molar-refractivity contribution in [3.05, 3.63) is 153 Å². The van der Waals surface area contributed by atoms with Crippen LogP contribution in [-0.4, -0.2) is 23.1 Å². The fourth-order valence-electron chi connectivity index (χ4n) is 4.90. The smallest absolute Gasteiger partial charge is 0.211 e. The van der Waals surface area contributed by atoms with Gasteiger partial charge in [0.05, 0.1) is 16.9 Å². The third-order valence-electron chi connectivity index (χ3n) is 7.04. The van der Waals surface area contributed by atoms with Gasteiger partial charge < -0.3 is 20.9 Å². The van der Waals surface area contributed by atoms with Crippen molar-refractivity contribution in [1.82, 2.24) is 0 Å². The summed E-state index contributed by atoms with van der Waals surface area (Å²) in [5.41, 5.74) is 8.61. The first-order valence-corrected chi connectivity index (χ1v) is 15.3. The monoisotopic (exact) mass is 653 g/mol. The molecule has 6 rings (SSSR count). The van der Waals surface area contributed by atoms with Crippen LogP contribution in [0.15, 0.2) is 120 Å². The summed E-state index contributed by atoms with van der Waals surface area (Å²) >= 11 is 12.0. The number of para-hydroxylation sites is 2. The second-order valence-electron chi connectivity index (χ2n) is 9.88. The number of nitrogens with zero attached hydrogens (tertiary/aromatic N) is 1. The summed E-state index contributed by atoms with van der Waals surface area (Å²) in [6.45, 7) is 5.93. The van der Waals surface area contributed by atoms with Gasteiger partial charge in [0.25, 0.3) is 0 Å². The number of aliphatic hydroxyl groups is 1. The van der Waals surface area contributed by atoms with E-state index in [4.69, 9.17) is 33.7 Å². The predicted octanol–water partition coefficient (Wildman–Crippen LogP) is 8.84. The van der Waals surface area contributed by atoms with Crippen LogP contribution < -0.4 is 15.8 Å². The van der Waals surface area contributed by atoms with E-state index in [1.165, 1.54) is 6.07 Å². The number of nitrogens with two attached hydrogens (primary N) is 1. The second kappa shape index (κ2) is 15.4. The lowest BCUT2D eigenvalue weighted by atomic mass is 9.84. The number of carbonyl (C=O) groups is 2. The molecule has 1 amide bonds. The minimum atomic E-state index is -1.40. The molecule has 7 nitrogen and oxygen atoms in total. The average molecular weight is 655 g/mol. The van der Waals surface area contributed by atoms with Crippen LogP contribution >= 0.6 is 23.2 Å². The Balaban J connectivity index is 0.000000204. The largest absolute Gasteiger partial charge is 0.457 e. The molecule has 1 aliphatic rings. The highest BCUT2D eigenvalue weighted by Crippen LogP contribution is 2.43. The molecule has 1 atom stereocenters. The summed E-state index contributed by atoms with van der Waals surface area (Å²) in [6.07, 6.45) is 0.520. The number of hydrogen-bond acceptors (Lipinski definition) is 6. The molecule has 5 aromatic carbocycles. The van der Waals surface area contributed by atoms with Gasteiger partial charge in [-0.2, -0.15) is 0 Å². The minimum Gasteiger partial charge on any atom is -0.457 e. The molecule has 0 saturated carbocycles. The number of amides is 1. The lowest BCUT2D eigenvalue weighted by molar-refractivity contribution is -0.105. The molecule has 9 heteroatoms. The molecule has 5 aromatic rings. The van der Waals surface area contributed by atoms with Crippen LogP contribution in [0.5, 0.6) is 11.5 Å². The Labute approximate surface area is 278 Å². The maximum atomic E-state index is 13.0. The van der Waals surface area contributed by atoms with Crippen molar-refractivity contribution in [1.29, 1.82) is 0 Å². The summed E-state index contributed by atoms with van der Waals surface area (Å²) in [5.74, 6) is 0.938. The maximum absolute atomic E-state index is 13.0. The van der Waals surface area contributed by atoms with Gasteiger partial charge in [0.2, 0.25) is 6.41 Å². The van der Waals surface area contributed by atoms with Crippen molar-refractivity contribution in [2.75, 3.05) is 5.32 Å². The Bertz CT molecular complexity index is 1880. The number of ether oxygens (including phenoxy) is 1. The molecule has 0 aliphatic carbocycles. The average Bonchev–Trinajstić information content (AvgIpc) is 3.33. The molecule has 4 N–H and O–H groups in total. The van der Waals surface area contributed by atoms with Crippen LogP contribution in [0.2, 0.25) is 10.0 Å². The Morgan fingerprint density at radius 2 is 1.46 bits per heavy atom. The van der Waals surface area contributed by atoms with Crippen LogP contribution in [0.3, 0.4) is 0 Å². The van der Waals surface area contributed by atoms with Gasteiger partial charge >= 0.3 is 0 Å². The highest BCUT2D eigenvalue weighted by molar-refractivity contribution is 6.31. The second-order valence-corrected chi connectivity index (χ2v) is 10.7. The summed E-state index contributed by atoms with van der Waals surface area (Å²) in [4.78, 5) is 28.1. The third-order valence-corrected chi connectivity index (χ3v) is 7.51. The first-order chi connectivity index (χ1) is 22.2. The van der Waals surface area contributed by atoms with E-state index < -0.39 is 5.60 Å². The molecule has 1 aliphatic heterocycles. The summed E-state index contributed by atoms with van der Waals surface area (Å²) in [6, 6.07) is 33.6. The topological polar surface area (TPSA) is 114 Å². The highest BCUT2D eigenvalue weighted by Gasteiger charge is 2.43. The summed E-state index contributed by atoms with van der Waals surface area (Å²) in [7, 11) is 0. The number of hydrogen-bond donors (Lipinski definition) is 3. The number of amidine groups is 1. The standard InChI is InChI=1S/C20H14ClNO3.C15H13ClN2O.C2H6/c21-14-10-11-18(22-13-23)17(12-14)20(24)16-8-4-5-9-19(16)25-15-6-2-1-3-7-15;1-9-4-2-3-5-11(9)15(19)12-8-10(16)6-7-13(12)18-14(15)17;1-2/h1-13H,(H,22,23);2-8,19H,1H3,(H2,17,18);1-2H3. The molecule has 0 bridgehead atoms. The SMILES string of the molecule is CC.Cc1ccccc1C1(O)C(N)=Nc2ccc(Cl)cc21.O=CNc1ccc(Cl)cc1C(=O)c1ccccc1Oc1ccccc1. The van der Waals surface area contributed by atoms with Crippen molar-refractivity contribution < 1.29 is 19.4 Å². The first kappa shape index (κ1) is 33.9. The van der Waals surface area contributed by atoms with E-state index in [0.717, 1.165) is 11.1 Å². The van der Waals surface area contributed by atoms with Gasteiger partial charge in [0.1, 0.15) is 17.3 Å². The van der Waals surface area contributed by atoms with Crippen LogP contribution in [0.1, 0.15) is 46.5 Å². The third kappa shape index (κ3) is 7.29. The number of nitrogens with one attached hydrogen (secondary N) is 1. The lowest BCUT2D eigenvalue weighted by Crippen LogP contribution is -2.40. The number of benzene rings is 5. The van der Waals surface area contributed by atoms with Gasteiger partial charge in [-0.15, -0.1) is 0 Å². The van der Waals surface area contributed by atoms with E-state index in [2.05, 4.69) is 10.3 Å². The van der Waals surface area contributed by atoms with E-state index >= 15 is 0 Å². The maximum Gasteiger partial charge on any atom is 0.211 e. The summed E-state index contributed by atoms with van der Waals surface area (Å²) < 4.78 is 5.84. The Kier molecular flexibility index (Phi) is 11.3. The molecular formula is C37H33Cl2N3O4. The highest BCUT2D eigenvalue weighted by atomic mass is 35.5. The van der Waals surface area contributed by atoms with Crippen LogP contribution in [0.4, 0.5) is 11.4 Å². The van der Waals surface area contributed by atoms with Crippen LogP contribution in [-0.2, 0) is 10.4 Å². The number of rotatable bonds is 7. The number of halogens is 2. The van der Waals surface area contributed by atoms with Crippen molar-refractivity contribution >= 4 is 52.6 Å². The Morgan fingerprint density at radius 1 is 0.826 bits per heavy atom. The van der Waals surface area contributed by atoms with Gasteiger partial charge in [-0.05, 0) is 78.7 Å². The zero-order valence-corrected chi connectivity index (χ0v) is 27.0. The fraction of sp³-hybridized carbons (Fsp3) is 0.108. The van der Waals surface area contributed by atoms with E-state index in [1.54, 1.807) is 66.7 Å². The van der Waals surface area contributed by atoms with Crippen LogP contribution in [0, 0.1) is 6.92 Å². The number of carbonyl (C=O) groups excluding carboxylic acids is 2. The summed E-state index contributed by atoms with van der Waals surface area (Å²) in [5, 5.41) is 14.6. The Morgan fingerprint density at radius 3 is 2.17 bits per heavy atom. The zero-order valence-electron chi connectivity index (χ0n) is 25.5. The molecule has 234 valence electrons. The first-order valence-electron chi connectivity index (χ1n) is 14.5. The number of aryl methyl sites for hydroxylation is 1. The molecule has 0 saturated heterocycles. The molecule has 46 heavy (non-hydrogen) atoms. The predicted molar refractivity (Wildman–Crippen MR) is 186 cm³/mol. The molecule has 0 fully saturated rings. The molecule has 1 heterocycles. The molecular weight excluding hydrogens is 621 g/mol. The van der Waals surface area contributed by atoms with Gasteiger partial charge in [0.15, 0.2) is 11.4 Å². The lowest BCUT2D eigenvalue weighted by Gasteiger charge is -2.26. The van der Waals surface area contributed by atoms with E-state index in [1.807, 2.05) is 63.2 Å². The van der Waals surface area contributed by atoms with Gasteiger partial charge in [-0.3, -0.25) is 9.59 Å². The van der Waals surface area contributed by atoms with Crippen molar-refractivity contribution in [2.45, 2.75) is 26.4 Å². The number of anilines is 1. The van der Waals surface area contributed by atoms with Gasteiger partial charge in [0, 0.05) is 21.2 Å². The Hall–Kier alpha value is -4.95. The van der Waals surface area contributed by atoms with Gasteiger partial charge in [-0.1, -0.05) is 91.6 Å². The van der Waals surface area contributed by atoms with E-state index in [9.17, 15) is 14.7 Å². The number of aliphatic imine (C=N–C) groups is 1. The fourth-order valence-corrected chi connectivity index (χ4v) is 5.25. The quantitative estimate of drug-likeness (QED) is 0.120. The number of ketones is 1. The van der Waals surface area contributed by atoms with E-state index in [0.29, 0.717) is 56.0 Å². The molecule has 0 radical (unpaired) electrons. The molecule has 0 aromatic heterocycles. The van der Waals surface area contributed by atoms with Crippen molar-refractivity contribution in [3.8, 4) is 11.5 Å². The molecule has 0 spiro atoms. The van der Waals surface area contributed by atoms with Gasteiger partial charge in [-0.25, -0.2) is 4.99 Å². The van der Waals surface area contributed by atoms with Crippen molar-refractivity contribution in [3.63, 3.8) is 0 Å². The van der Waals surface area contributed by atoms with Crippen molar-refractivity contribution in [2.24, 2.45) is 10.7 Å². The number of fused-ring (bicyclic) bond motifs is 1.